The summed E-state index contributed by atoms with van der Waals surface area (Å²) >= 11 is 0. The highest BCUT2D eigenvalue weighted by atomic mass is 16.3. The van der Waals surface area contributed by atoms with E-state index in [-0.39, 0.29) is 0 Å². The molecule has 0 spiro atoms. The first-order valence-electron chi connectivity index (χ1n) is 4.94. The zero-order valence-electron chi connectivity index (χ0n) is 8.38. The van der Waals surface area contributed by atoms with E-state index in [1.807, 2.05) is 13.8 Å². The third-order valence-corrected chi connectivity index (χ3v) is 2.92. The Morgan fingerprint density at radius 2 is 2.17 bits per heavy atom. The smallest absolute Gasteiger partial charge is 0.0625 e. The molecule has 1 aliphatic rings. The van der Waals surface area contributed by atoms with E-state index in [0.717, 1.165) is 19.3 Å². The lowest BCUT2D eigenvalue weighted by Crippen LogP contribution is -2.36. The molecule has 0 aromatic heterocycles. The Balaban J connectivity index is 2.69. The van der Waals surface area contributed by atoms with E-state index in [2.05, 4.69) is 19.1 Å². The molecule has 0 heterocycles. The number of allylic oxidation sites excluding steroid dienone is 2. The Morgan fingerprint density at radius 3 is 2.58 bits per heavy atom. The molecule has 0 bridgehead atoms. The summed E-state index contributed by atoms with van der Waals surface area (Å²) in [6.07, 6.45) is 7.93. The fraction of sp³-hybridized carbons (Fsp3) is 0.818. The molecule has 0 radical (unpaired) electrons. The van der Waals surface area contributed by atoms with Crippen LogP contribution in [0.5, 0.6) is 0 Å². The average molecular weight is 168 g/mol. The molecular weight excluding hydrogens is 148 g/mol. The van der Waals surface area contributed by atoms with Gasteiger partial charge in [0.2, 0.25) is 0 Å². The summed E-state index contributed by atoms with van der Waals surface area (Å²) in [4.78, 5) is 0. The lowest BCUT2D eigenvalue weighted by atomic mass is 9.73. The van der Waals surface area contributed by atoms with Gasteiger partial charge in [0.15, 0.2) is 0 Å². The molecule has 0 fully saturated rings. The normalized spacial score (nSPS) is 30.7. The van der Waals surface area contributed by atoms with Gasteiger partial charge in [0.1, 0.15) is 0 Å². The van der Waals surface area contributed by atoms with Gasteiger partial charge in [-0.3, -0.25) is 0 Å². The Bertz CT molecular complexity index is 164. The highest BCUT2D eigenvalue weighted by molar-refractivity contribution is 5.00. The van der Waals surface area contributed by atoms with Crippen LogP contribution in [0.3, 0.4) is 0 Å². The van der Waals surface area contributed by atoms with Crippen LogP contribution in [-0.4, -0.2) is 10.7 Å². The zero-order chi connectivity index (χ0) is 9.19. The molecule has 1 heteroatoms. The molecule has 1 rings (SSSR count). The molecular formula is C11H20O. The number of rotatable bonds is 2. The minimum absolute atomic E-state index is 0.451. The number of hydrogen-bond donors (Lipinski definition) is 1. The summed E-state index contributed by atoms with van der Waals surface area (Å²) in [7, 11) is 0. The maximum absolute atomic E-state index is 9.91. The molecule has 0 aromatic rings. The van der Waals surface area contributed by atoms with Crippen molar-refractivity contribution in [3.63, 3.8) is 0 Å². The SMILES string of the molecule is CCC1C=CCCC1C(C)(C)O. The van der Waals surface area contributed by atoms with Crippen molar-refractivity contribution >= 4 is 0 Å². The molecule has 1 aliphatic carbocycles. The maximum atomic E-state index is 9.91. The third-order valence-electron chi connectivity index (χ3n) is 2.92. The second kappa shape index (κ2) is 3.61. The van der Waals surface area contributed by atoms with Gasteiger partial charge in [0, 0.05) is 0 Å². The second-order valence-electron chi connectivity index (χ2n) is 4.34. The van der Waals surface area contributed by atoms with E-state index in [1.165, 1.54) is 0 Å². The van der Waals surface area contributed by atoms with E-state index in [9.17, 15) is 5.11 Å². The van der Waals surface area contributed by atoms with E-state index < -0.39 is 5.60 Å². The van der Waals surface area contributed by atoms with Crippen molar-refractivity contribution in [2.24, 2.45) is 11.8 Å². The van der Waals surface area contributed by atoms with Gasteiger partial charge in [0.25, 0.3) is 0 Å². The van der Waals surface area contributed by atoms with Crippen LogP contribution >= 0.6 is 0 Å². The van der Waals surface area contributed by atoms with Crippen molar-refractivity contribution in [3.8, 4) is 0 Å². The second-order valence-corrected chi connectivity index (χ2v) is 4.34. The predicted octanol–water partition coefficient (Wildman–Crippen LogP) is 2.75. The Labute approximate surface area is 75.5 Å². The molecule has 12 heavy (non-hydrogen) atoms. The first kappa shape index (κ1) is 9.79. The number of aliphatic hydroxyl groups is 1. The highest BCUT2D eigenvalue weighted by Crippen LogP contribution is 2.35. The minimum Gasteiger partial charge on any atom is -0.390 e. The van der Waals surface area contributed by atoms with Crippen LogP contribution in [0.1, 0.15) is 40.0 Å². The van der Waals surface area contributed by atoms with Crippen molar-refractivity contribution in [2.45, 2.75) is 45.6 Å². The summed E-state index contributed by atoms with van der Waals surface area (Å²) in [6.45, 7) is 6.05. The third kappa shape index (κ3) is 2.10. The van der Waals surface area contributed by atoms with Crippen LogP contribution in [0.15, 0.2) is 12.2 Å². The van der Waals surface area contributed by atoms with Crippen LogP contribution in [-0.2, 0) is 0 Å². The van der Waals surface area contributed by atoms with Crippen LogP contribution < -0.4 is 0 Å². The van der Waals surface area contributed by atoms with Gasteiger partial charge in [-0.05, 0) is 44.9 Å². The molecule has 2 atom stereocenters. The first-order valence-corrected chi connectivity index (χ1v) is 4.94. The largest absolute Gasteiger partial charge is 0.390 e. The monoisotopic (exact) mass is 168 g/mol. The molecule has 2 unspecified atom stereocenters. The van der Waals surface area contributed by atoms with Gasteiger partial charge >= 0.3 is 0 Å². The molecule has 0 saturated carbocycles. The summed E-state index contributed by atoms with van der Waals surface area (Å²) in [6, 6.07) is 0. The molecule has 0 amide bonds. The Morgan fingerprint density at radius 1 is 1.50 bits per heavy atom. The van der Waals surface area contributed by atoms with Gasteiger partial charge in [-0.1, -0.05) is 19.1 Å². The molecule has 0 saturated heterocycles. The molecule has 0 aliphatic heterocycles. The van der Waals surface area contributed by atoms with E-state index in [0.29, 0.717) is 11.8 Å². The van der Waals surface area contributed by atoms with Crippen LogP contribution in [0.25, 0.3) is 0 Å². The van der Waals surface area contributed by atoms with Crippen LogP contribution in [0, 0.1) is 11.8 Å². The Kier molecular flexibility index (Phi) is 2.94. The minimum atomic E-state index is -0.508. The van der Waals surface area contributed by atoms with Gasteiger partial charge in [-0.2, -0.15) is 0 Å². The predicted molar refractivity (Wildman–Crippen MR) is 51.9 cm³/mol. The lowest BCUT2D eigenvalue weighted by molar-refractivity contribution is -0.00809. The fourth-order valence-corrected chi connectivity index (χ4v) is 2.19. The quantitative estimate of drug-likeness (QED) is 0.629. The topological polar surface area (TPSA) is 20.2 Å². The van der Waals surface area contributed by atoms with Crippen molar-refractivity contribution in [3.05, 3.63) is 12.2 Å². The average Bonchev–Trinajstić information content (AvgIpc) is 2.03. The molecule has 1 nitrogen and oxygen atoms in total. The number of hydrogen-bond acceptors (Lipinski definition) is 1. The van der Waals surface area contributed by atoms with Gasteiger partial charge < -0.3 is 5.11 Å². The van der Waals surface area contributed by atoms with Crippen LogP contribution in [0.2, 0.25) is 0 Å². The van der Waals surface area contributed by atoms with Gasteiger partial charge in [0.05, 0.1) is 5.60 Å². The molecule has 0 aromatic carbocycles. The molecule has 70 valence electrons. The summed E-state index contributed by atoms with van der Waals surface area (Å²) in [5, 5.41) is 9.91. The van der Waals surface area contributed by atoms with Gasteiger partial charge in [-0.15, -0.1) is 0 Å². The van der Waals surface area contributed by atoms with Crippen LogP contribution in [0.4, 0.5) is 0 Å². The standard InChI is InChI=1S/C11H20O/c1-4-9-7-5-6-8-10(9)11(2,3)12/h5,7,9-10,12H,4,6,8H2,1-3H3. The molecule has 1 N–H and O–H groups in total. The van der Waals surface area contributed by atoms with Crippen molar-refractivity contribution in [2.75, 3.05) is 0 Å². The summed E-state index contributed by atoms with van der Waals surface area (Å²) in [5.74, 6) is 1.03. The zero-order valence-corrected chi connectivity index (χ0v) is 8.38. The van der Waals surface area contributed by atoms with E-state index in [1.54, 1.807) is 0 Å². The van der Waals surface area contributed by atoms with E-state index in [4.69, 9.17) is 0 Å². The van der Waals surface area contributed by atoms with Gasteiger partial charge in [-0.25, -0.2) is 0 Å². The fourth-order valence-electron chi connectivity index (χ4n) is 2.19. The summed E-state index contributed by atoms with van der Waals surface area (Å²) in [5.41, 5.74) is -0.508. The maximum Gasteiger partial charge on any atom is 0.0625 e. The highest BCUT2D eigenvalue weighted by Gasteiger charge is 2.32. The van der Waals surface area contributed by atoms with Crippen molar-refractivity contribution in [1.82, 2.24) is 0 Å². The van der Waals surface area contributed by atoms with Crippen molar-refractivity contribution < 1.29 is 5.11 Å². The Hall–Kier alpha value is -0.300. The van der Waals surface area contributed by atoms with E-state index >= 15 is 0 Å². The lowest BCUT2D eigenvalue weighted by Gasteiger charge is -2.36. The van der Waals surface area contributed by atoms with Crippen molar-refractivity contribution in [1.29, 1.82) is 0 Å². The first-order chi connectivity index (χ1) is 5.55. The summed E-state index contributed by atoms with van der Waals surface area (Å²) < 4.78 is 0.